The first-order chi connectivity index (χ1) is 8.60. The molecule has 18 heavy (non-hydrogen) atoms. The number of amides is 1. The summed E-state index contributed by atoms with van der Waals surface area (Å²) in [6.45, 7) is 1.90. The van der Waals surface area contributed by atoms with E-state index in [1.54, 1.807) is 18.2 Å². The smallest absolute Gasteiger partial charge is 0.277 e. The van der Waals surface area contributed by atoms with E-state index in [0.29, 0.717) is 23.0 Å². The van der Waals surface area contributed by atoms with Crippen LogP contribution >= 0.6 is 27.5 Å². The number of hydrogen-bond donors (Lipinski definition) is 1. The molecule has 0 bridgehead atoms. The number of oxazole rings is 1. The van der Waals surface area contributed by atoms with E-state index in [0.717, 1.165) is 4.47 Å². The van der Waals surface area contributed by atoms with Crippen LogP contribution in [0.3, 0.4) is 0 Å². The molecule has 0 atom stereocenters. The Morgan fingerprint density at radius 1 is 1.56 bits per heavy atom. The third-order valence-corrected chi connectivity index (χ3v) is 3.07. The average molecular weight is 330 g/mol. The summed E-state index contributed by atoms with van der Waals surface area (Å²) in [5, 5.41) is 3.13. The summed E-state index contributed by atoms with van der Waals surface area (Å²) in [6, 6.07) is 5.21. The van der Waals surface area contributed by atoms with E-state index < -0.39 is 0 Å². The molecule has 0 saturated carbocycles. The quantitative estimate of drug-likeness (QED) is 0.929. The van der Waals surface area contributed by atoms with Crippen LogP contribution in [0.25, 0.3) is 0 Å². The van der Waals surface area contributed by atoms with Crippen molar-refractivity contribution in [2.75, 3.05) is 5.32 Å². The number of carbonyl (C=O) groups is 1. The van der Waals surface area contributed by atoms with E-state index in [1.165, 1.54) is 6.26 Å². The van der Waals surface area contributed by atoms with Crippen LogP contribution in [-0.2, 0) is 6.42 Å². The maximum Gasteiger partial charge on any atom is 0.277 e. The monoisotopic (exact) mass is 328 g/mol. The molecule has 2 rings (SSSR count). The molecule has 1 heterocycles. The van der Waals surface area contributed by atoms with Crippen LogP contribution in [0.5, 0.6) is 0 Å². The van der Waals surface area contributed by atoms with Crippen LogP contribution in [0.2, 0.25) is 5.02 Å². The van der Waals surface area contributed by atoms with Gasteiger partial charge in [-0.3, -0.25) is 4.79 Å². The van der Waals surface area contributed by atoms with Crippen LogP contribution in [-0.4, -0.2) is 10.9 Å². The number of aromatic nitrogens is 1. The first-order valence-corrected chi connectivity index (χ1v) is 6.48. The number of aryl methyl sites for hydroxylation is 1. The third-order valence-electron chi connectivity index (χ3n) is 2.27. The highest BCUT2D eigenvalue weighted by molar-refractivity contribution is 9.10. The highest BCUT2D eigenvalue weighted by Gasteiger charge is 2.13. The van der Waals surface area contributed by atoms with E-state index in [1.807, 2.05) is 6.92 Å². The van der Waals surface area contributed by atoms with Crippen molar-refractivity contribution in [3.63, 3.8) is 0 Å². The van der Waals surface area contributed by atoms with Gasteiger partial charge in [0.1, 0.15) is 6.26 Å². The fourth-order valence-corrected chi connectivity index (χ4v) is 2.08. The van der Waals surface area contributed by atoms with E-state index >= 15 is 0 Å². The SMILES string of the molecule is CCc1nc(C(=O)Nc2ccc(Br)cc2Cl)co1. The summed E-state index contributed by atoms with van der Waals surface area (Å²) >= 11 is 9.30. The van der Waals surface area contributed by atoms with Gasteiger partial charge in [0, 0.05) is 10.9 Å². The molecular weight excluding hydrogens is 320 g/mol. The Hall–Kier alpha value is -1.33. The molecule has 94 valence electrons. The van der Waals surface area contributed by atoms with E-state index in [9.17, 15) is 4.79 Å². The number of nitrogens with zero attached hydrogens (tertiary/aromatic N) is 1. The van der Waals surface area contributed by atoms with Gasteiger partial charge < -0.3 is 9.73 Å². The van der Waals surface area contributed by atoms with Crippen LogP contribution in [0.15, 0.2) is 33.4 Å². The minimum Gasteiger partial charge on any atom is -0.448 e. The highest BCUT2D eigenvalue weighted by Crippen LogP contribution is 2.25. The van der Waals surface area contributed by atoms with Gasteiger partial charge in [0.05, 0.1) is 10.7 Å². The molecule has 1 N–H and O–H groups in total. The fraction of sp³-hybridized carbons (Fsp3) is 0.167. The summed E-state index contributed by atoms with van der Waals surface area (Å²) < 4.78 is 5.96. The van der Waals surface area contributed by atoms with Gasteiger partial charge in [0.15, 0.2) is 11.6 Å². The number of hydrogen-bond acceptors (Lipinski definition) is 3. The van der Waals surface area contributed by atoms with Gasteiger partial charge in [0.2, 0.25) is 0 Å². The molecule has 1 aromatic carbocycles. The molecule has 1 aromatic heterocycles. The first kappa shape index (κ1) is 13.1. The second kappa shape index (κ2) is 5.54. The Morgan fingerprint density at radius 3 is 2.94 bits per heavy atom. The minimum absolute atomic E-state index is 0.242. The normalized spacial score (nSPS) is 10.4. The minimum atomic E-state index is -0.345. The lowest BCUT2D eigenvalue weighted by atomic mass is 10.3. The predicted molar refractivity (Wildman–Crippen MR) is 73.0 cm³/mol. The summed E-state index contributed by atoms with van der Waals surface area (Å²) in [5.74, 6) is 0.185. The molecule has 4 nitrogen and oxygen atoms in total. The zero-order chi connectivity index (χ0) is 13.1. The summed E-state index contributed by atoms with van der Waals surface area (Å²) in [7, 11) is 0. The van der Waals surface area contributed by atoms with Crippen LogP contribution < -0.4 is 5.32 Å². The Labute approximate surface area is 117 Å². The molecule has 0 unspecified atom stereocenters. The molecule has 1 amide bonds. The van der Waals surface area contributed by atoms with Crippen molar-refractivity contribution in [2.24, 2.45) is 0 Å². The van der Waals surface area contributed by atoms with Gasteiger partial charge in [-0.15, -0.1) is 0 Å². The molecule has 0 radical (unpaired) electrons. The highest BCUT2D eigenvalue weighted by atomic mass is 79.9. The van der Waals surface area contributed by atoms with Crippen LogP contribution in [0, 0.1) is 0 Å². The van der Waals surface area contributed by atoms with Crippen molar-refractivity contribution in [2.45, 2.75) is 13.3 Å². The van der Waals surface area contributed by atoms with Crippen molar-refractivity contribution in [3.05, 3.63) is 45.5 Å². The van der Waals surface area contributed by atoms with E-state index in [2.05, 4.69) is 26.2 Å². The lowest BCUT2D eigenvalue weighted by molar-refractivity contribution is 0.102. The average Bonchev–Trinajstić information content (AvgIpc) is 2.81. The topological polar surface area (TPSA) is 55.1 Å². The first-order valence-electron chi connectivity index (χ1n) is 5.31. The lowest BCUT2D eigenvalue weighted by Crippen LogP contribution is -2.12. The van der Waals surface area contributed by atoms with Crippen LogP contribution in [0.4, 0.5) is 5.69 Å². The van der Waals surface area contributed by atoms with Crippen molar-refractivity contribution in [3.8, 4) is 0 Å². The van der Waals surface area contributed by atoms with Gasteiger partial charge in [-0.1, -0.05) is 34.5 Å². The molecule has 2 aromatic rings. The summed E-state index contributed by atoms with van der Waals surface area (Å²) in [5.41, 5.74) is 0.775. The van der Waals surface area contributed by atoms with Gasteiger partial charge in [-0.25, -0.2) is 4.98 Å². The standard InChI is InChI=1S/C12H10BrClN2O2/c1-2-11-15-10(6-18-11)12(17)16-9-4-3-7(13)5-8(9)14/h3-6H,2H2,1H3,(H,16,17). The third kappa shape index (κ3) is 2.91. The molecule has 0 saturated heterocycles. The Kier molecular flexibility index (Phi) is 4.04. The number of benzene rings is 1. The number of halogens is 2. The van der Waals surface area contributed by atoms with Gasteiger partial charge in [-0.05, 0) is 18.2 Å². The Balaban J connectivity index is 2.16. The Morgan fingerprint density at radius 2 is 2.33 bits per heavy atom. The number of anilines is 1. The molecule has 0 aliphatic carbocycles. The largest absolute Gasteiger partial charge is 0.448 e. The molecule has 0 aliphatic heterocycles. The maximum absolute atomic E-state index is 11.9. The zero-order valence-corrected chi connectivity index (χ0v) is 11.9. The number of carbonyl (C=O) groups excluding carboxylic acids is 1. The maximum atomic E-state index is 11.9. The van der Waals surface area contributed by atoms with Crippen molar-refractivity contribution in [1.29, 1.82) is 0 Å². The zero-order valence-electron chi connectivity index (χ0n) is 9.54. The van der Waals surface area contributed by atoms with E-state index in [4.69, 9.17) is 16.0 Å². The second-order valence-corrected chi connectivity index (χ2v) is 4.88. The second-order valence-electron chi connectivity index (χ2n) is 3.56. The number of nitrogens with one attached hydrogen (secondary N) is 1. The van der Waals surface area contributed by atoms with Crippen molar-refractivity contribution in [1.82, 2.24) is 4.98 Å². The van der Waals surface area contributed by atoms with Crippen LogP contribution in [0.1, 0.15) is 23.3 Å². The summed E-state index contributed by atoms with van der Waals surface area (Å²) in [4.78, 5) is 15.9. The van der Waals surface area contributed by atoms with Gasteiger partial charge >= 0.3 is 0 Å². The van der Waals surface area contributed by atoms with E-state index in [-0.39, 0.29) is 11.6 Å². The van der Waals surface area contributed by atoms with Gasteiger partial charge in [0.25, 0.3) is 5.91 Å². The molecule has 6 heteroatoms. The fourth-order valence-electron chi connectivity index (χ4n) is 1.35. The van der Waals surface area contributed by atoms with Crippen molar-refractivity contribution < 1.29 is 9.21 Å². The molecule has 0 spiro atoms. The van der Waals surface area contributed by atoms with Crippen molar-refractivity contribution >= 4 is 39.1 Å². The Bertz CT molecular complexity index is 583. The molecule has 0 aliphatic rings. The number of rotatable bonds is 3. The lowest BCUT2D eigenvalue weighted by Gasteiger charge is -2.05. The molecular formula is C12H10BrClN2O2. The predicted octanol–water partition coefficient (Wildman–Crippen LogP) is 3.91. The van der Waals surface area contributed by atoms with Gasteiger partial charge in [-0.2, -0.15) is 0 Å². The summed E-state index contributed by atoms with van der Waals surface area (Å²) in [6.07, 6.45) is 1.98. The molecule has 0 fully saturated rings.